The van der Waals surface area contributed by atoms with Gasteiger partial charge in [0.05, 0.1) is 6.07 Å². The quantitative estimate of drug-likeness (QED) is 0.799. The zero-order chi connectivity index (χ0) is 16.7. The van der Waals surface area contributed by atoms with Crippen molar-refractivity contribution in [1.29, 1.82) is 5.26 Å². The number of carbonyl (C=O) groups excluding carboxylic acids is 2. The van der Waals surface area contributed by atoms with E-state index >= 15 is 0 Å². The lowest BCUT2D eigenvalue weighted by atomic mass is 10.2. The van der Waals surface area contributed by atoms with E-state index in [1.165, 1.54) is 18.2 Å². The Morgan fingerprint density at radius 3 is 2.61 bits per heavy atom. The van der Waals surface area contributed by atoms with Gasteiger partial charge in [-0.25, -0.2) is 4.39 Å². The van der Waals surface area contributed by atoms with E-state index in [2.05, 4.69) is 0 Å². The molecule has 0 aliphatic carbocycles. The minimum Gasteiger partial charge on any atom is -0.340 e. The lowest BCUT2D eigenvalue weighted by molar-refractivity contribution is -0.131. The predicted octanol–water partition coefficient (Wildman–Crippen LogP) is 1.81. The summed E-state index contributed by atoms with van der Waals surface area (Å²) in [5.74, 6) is -0.785. The van der Waals surface area contributed by atoms with Crippen molar-refractivity contribution in [2.45, 2.75) is 12.8 Å². The zero-order valence-corrected chi connectivity index (χ0v) is 12.7. The van der Waals surface area contributed by atoms with Crippen molar-refractivity contribution in [2.75, 3.05) is 26.2 Å². The van der Waals surface area contributed by atoms with Crippen LogP contribution in [0.1, 0.15) is 18.4 Å². The highest BCUT2D eigenvalue weighted by Gasteiger charge is 2.20. The molecule has 0 radical (unpaired) electrons. The van der Waals surface area contributed by atoms with Crippen molar-refractivity contribution < 1.29 is 14.0 Å². The smallest absolute Gasteiger partial charge is 0.246 e. The van der Waals surface area contributed by atoms with Gasteiger partial charge in [0.15, 0.2) is 0 Å². The van der Waals surface area contributed by atoms with Gasteiger partial charge in [0.1, 0.15) is 12.2 Å². The minimum atomic E-state index is -0.374. The van der Waals surface area contributed by atoms with Gasteiger partial charge in [-0.1, -0.05) is 18.2 Å². The fourth-order valence-electron chi connectivity index (χ4n) is 2.44. The van der Waals surface area contributed by atoms with Gasteiger partial charge in [0, 0.05) is 37.8 Å². The van der Waals surface area contributed by atoms with Crippen molar-refractivity contribution in [1.82, 2.24) is 9.80 Å². The van der Waals surface area contributed by atoms with Crippen LogP contribution in [-0.4, -0.2) is 47.8 Å². The molecular weight excluding hydrogens is 297 g/mol. The summed E-state index contributed by atoms with van der Waals surface area (Å²) < 4.78 is 13.5. The third-order valence-corrected chi connectivity index (χ3v) is 3.70. The van der Waals surface area contributed by atoms with Gasteiger partial charge in [-0.2, -0.15) is 5.26 Å². The molecule has 1 aliphatic rings. The highest BCUT2D eigenvalue weighted by Crippen LogP contribution is 2.10. The first-order chi connectivity index (χ1) is 11.1. The lowest BCUT2D eigenvalue weighted by Crippen LogP contribution is -2.36. The third-order valence-electron chi connectivity index (χ3n) is 3.70. The largest absolute Gasteiger partial charge is 0.340 e. The SMILES string of the molecule is N#CCC(=O)N1CCCN(C(=O)/C=C/c2ccccc2F)CC1. The maximum atomic E-state index is 13.5. The van der Waals surface area contributed by atoms with Gasteiger partial charge in [-0.15, -0.1) is 0 Å². The van der Waals surface area contributed by atoms with Crippen molar-refractivity contribution in [3.63, 3.8) is 0 Å². The predicted molar refractivity (Wildman–Crippen MR) is 83.4 cm³/mol. The summed E-state index contributed by atoms with van der Waals surface area (Å²) in [4.78, 5) is 27.2. The first kappa shape index (κ1) is 16.7. The zero-order valence-electron chi connectivity index (χ0n) is 12.7. The van der Waals surface area contributed by atoms with E-state index in [0.717, 1.165) is 0 Å². The Kier molecular flexibility index (Phi) is 5.87. The topological polar surface area (TPSA) is 64.4 Å². The summed E-state index contributed by atoms with van der Waals surface area (Å²) in [6.07, 6.45) is 3.34. The molecule has 0 N–H and O–H groups in total. The van der Waals surface area contributed by atoms with Crippen molar-refractivity contribution in [3.8, 4) is 6.07 Å². The Balaban J connectivity index is 1.95. The van der Waals surface area contributed by atoms with Crippen LogP contribution < -0.4 is 0 Å². The van der Waals surface area contributed by atoms with Crippen LogP contribution in [0, 0.1) is 17.1 Å². The molecule has 1 heterocycles. The first-order valence-corrected chi connectivity index (χ1v) is 7.48. The Morgan fingerprint density at radius 2 is 1.87 bits per heavy atom. The molecule has 23 heavy (non-hydrogen) atoms. The number of halogens is 1. The number of nitriles is 1. The Bertz CT molecular complexity index is 651. The monoisotopic (exact) mass is 315 g/mol. The van der Waals surface area contributed by atoms with E-state index in [0.29, 0.717) is 38.2 Å². The van der Waals surface area contributed by atoms with E-state index in [1.807, 2.05) is 6.07 Å². The molecular formula is C17H18FN3O2. The molecule has 1 saturated heterocycles. The minimum absolute atomic E-state index is 0.138. The van der Waals surface area contributed by atoms with Crippen LogP contribution in [-0.2, 0) is 9.59 Å². The van der Waals surface area contributed by atoms with Gasteiger partial charge in [0.2, 0.25) is 11.8 Å². The van der Waals surface area contributed by atoms with Gasteiger partial charge in [-0.3, -0.25) is 9.59 Å². The van der Waals surface area contributed by atoms with Crippen LogP contribution in [0.15, 0.2) is 30.3 Å². The fourth-order valence-corrected chi connectivity index (χ4v) is 2.44. The van der Waals surface area contributed by atoms with E-state index in [4.69, 9.17) is 5.26 Å². The number of nitrogens with zero attached hydrogens (tertiary/aromatic N) is 3. The number of benzene rings is 1. The van der Waals surface area contributed by atoms with E-state index in [-0.39, 0.29) is 24.1 Å². The molecule has 0 atom stereocenters. The number of rotatable bonds is 3. The van der Waals surface area contributed by atoms with Crippen molar-refractivity contribution in [2.24, 2.45) is 0 Å². The highest BCUT2D eigenvalue weighted by atomic mass is 19.1. The average molecular weight is 315 g/mol. The number of hydrogen-bond donors (Lipinski definition) is 0. The average Bonchev–Trinajstić information content (AvgIpc) is 2.80. The molecule has 1 aromatic carbocycles. The van der Waals surface area contributed by atoms with Crippen LogP contribution in [0.5, 0.6) is 0 Å². The molecule has 0 spiro atoms. The summed E-state index contributed by atoms with van der Waals surface area (Å²) in [5, 5.41) is 8.58. The van der Waals surface area contributed by atoms with Crippen LogP contribution in [0.4, 0.5) is 4.39 Å². The van der Waals surface area contributed by atoms with Crippen molar-refractivity contribution >= 4 is 17.9 Å². The highest BCUT2D eigenvalue weighted by molar-refractivity contribution is 5.91. The molecule has 2 amide bonds. The summed E-state index contributed by atoms with van der Waals surface area (Å²) in [7, 11) is 0. The Morgan fingerprint density at radius 1 is 1.17 bits per heavy atom. The second-order valence-electron chi connectivity index (χ2n) is 5.25. The standard InChI is InChI=1S/C17H18FN3O2/c18-15-5-2-1-4-14(15)6-7-16(22)20-10-3-11-21(13-12-20)17(23)8-9-19/h1-2,4-7H,3,8,10-13H2/b7-6+. The molecule has 1 aliphatic heterocycles. The van der Waals surface area contributed by atoms with Gasteiger partial charge >= 0.3 is 0 Å². The second-order valence-corrected chi connectivity index (χ2v) is 5.25. The first-order valence-electron chi connectivity index (χ1n) is 7.48. The fraction of sp³-hybridized carbons (Fsp3) is 0.353. The molecule has 0 aromatic heterocycles. The molecule has 0 unspecified atom stereocenters. The summed E-state index contributed by atoms with van der Waals surface area (Å²) >= 11 is 0. The number of carbonyl (C=O) groups is 2. The molecule has 5 nitrogen and oxygen atoms in total. The number of amides is 2. The Labute approximate surface area is 134 Å². The van der Waals surface area contributed by atoms with E-state index in [1.54, 1.807) is 28.0 Å². The van der Waals surface area contributed by atoms with E-state index < -0.39 is 0 Å². The maximum Gasteiger partial charge on any atom is 0.246 e. The van der Waals surface area contributed by atoms with Crippen molar-refractivity contribution in [3.05, 3.63) is 41.7 Å². The number of hydrogen-bond acceptors (Lipinski definition) is 3. The summed E-state index contributed by atoms with van der Waals surface area (Å²) in [6, 6.07) is 8.09. The maximum absolute atomic E-state index is 13.5. The van der Waals surface area contributed by atoms with E-state index in [9.17, 15) is 14.0 Å². The molecule has 2 rings (SSSR count). The van der Waals surface area contributed by atoms with Gasteiger partial charge in [-0.05, 0) is 18.6 Å². The molecule has 0 bridgehead atoms. The van der Waals surface area contributed by atoms with Crippen LogP contribution >= 0.6 is 0 Å². The van der Waals surface area contributed by atoms with Crippen LogP contribution in [0.2, 0.25) is 0 Å². The van der Waals surface area contributed by atoms with Crippen LogP contribution in [0.3, 0.4) is 0 Å². The van der Waals surface area contributed by atoms with Gasteiger partial charge < -0.3 is 9.80 Å². The molecule has 120 valence electrons. The molecule has 0 saturated carbocycles. The third kappa shape index (κ3) is 4.65. The van der Waals surface area contributed by atoms with Crippen LogP contribution in [0.25, 0.3) is 6.08 Å². The lowest BCUT2D eigenvalue weighted by Gasteiger charge is -2.20. The molecule has 1 fully saturated rings. The van der Waals surface area contributed by atoms with Gasteiger partial charge in [0.25, 0.3) is 0 Å². The second kappa shape index (κ2) is 8.08. The summed E-state index contributed by atoms with van der Waals surface area (Å²) in [5.41, 5.74) is 0.362. The molecule has 1 aromatic rings. The molecule has 6 heteroatoms. The summed E-state index contributed by atoms with van der Waals surface area (Å²) in [6.45, 7) is 1.91. The Hall–Kier alpha value is -2.68. The normalized spacial score (nSPS) is 15.3.